The predicted octanol–water partition coefficient (Wildman–Crippen LogP) is 3.40. The maximum atomic E-state index is 6.14. The van der Waals surface area contributed by atoms with Crippen molar-refractivity contribution >= 4 is 33.9 Å². The van der Waals surface area contributed by atoms with Crippen LogP contribution in [0.4, 0.5) is 0 Å². The molecule has 3 heteroatoms. The second kappa shape index (κ2) is 4.42. The fourth-order valence-corrected chi connectivity index (χ4v) is 2.65. The average molecular weight is 315 g/mol. The van der Waals surface area contributed by atoms with Crippen molar-refractivity contribution in [3.63, 3.8) is 0 Å². The Hall–Kier alpha value is -0.390. The highest BCUT2D eigenvalue weighted by molar-refractivity contribution is 14.1. The van der Waals surface area contributed by atoms with Crippen LogP contribution in [0, 0.1) is 3.57 Å². The van der Waals surface area contributed by atoms with Crippen molar-refractivity contribution in [2.45, 2.75) is 6.04 Å². The van der Waals surface area contributed by atoms with Gasteiger partial charge in [-0.25, -0.2) is 0 Å². The summed E-state index contributed by atoms with van der Waals surface area (Å²) in [6.07, 6.45) is 0. The van der Waals surface area contributed by atoms with Gasteiger partial charge >= 0.3 is 0 Å². The third kappa shape index (κ3) is 2.16. The molecule has 1 aromatic carbocycles. The van der Waals surface area contributed by atoms with E-state index in [1.54, 1.807) is 11.3 Å². The van der Waals surface area contributed by atoms with Gasteiger partial charge in [0.25, 0.3) is 0 Å². The van der Waals surface area contributed by atoms with Crippen LogP contribution in [0.5, 0.6) is 0 Å². The normalized spacial score (nSPS) is 12.7. The molecule has 0 radical (unpaired) electrons. The molecule has 1 nitrogen and oxygen atoms in total. The van der Waals surface area contributed by atoms with Crippen molar-refractivity contribution in [2.24, 2.45) is 5.73 Å². The van der Waals surface area contributed by atoms with Crippen molar-refractivity contribution < 1.29 is 0 Å². The van der Waals surface area contributed by atoms with E-state index in [-0.39, 0.29) is 6.04 Å². The van der Waals surface area contributed by atoms with Gasteiger partial charge in [0.2, 0.25) is 0 Å². The Kier molecular flexibility index (Phi) is 3.20. The first kappa shape index (κ1) is 10.1. The minimum Gasteiger partial charge on any atom is -0.320 e. The lowest BCUT2D eigenvalue weighted by atomic mass is 10.1. The second-order valence-electron chi connectivity index (χ2n) is 3.05. The molecule has 2 rings (SSSR count). The molecule has 2 N–H and O–H groups in total. The minimum atomic E-state index is 0.0183. The summed E-state index contributed by atoms with van der Waals surface area (Å²) in [7, 11) is 0. The summed E-state index contributed by atoms with van der Waals surface area (Å²) in [5, 5.41) is 2.06. The first-order chi connectivity index (χ1) is 6.77. The minimum absolute atomic E-state index is 0.0183. The highest BCUT2D eigenvalue weighted by atomic mass is 127. The molecule has 1 heterocycles. The van der Waals surface area contributed by atoms with Crippen LogP contribution in [0.25, 0.3) is 0 Å². The third-order valence-corrected chi connectivity index (χ3v) is 3.68. The molecule has 0 bridgehead atoms. The van der Waals surface area contributed by atoms with E-state index in [0.717, 1.165) is 0 Å². The number of nitrogens with two attached hydrogens (primary N) is 1. The molecule has 72 valence electrons. The number of hydrogen-bond acceptors (Lipinski definition) is 2. The number of thiophene rings is 1. The van der Waals surface area contributed by atoms with Crippen LogP contribution in [0.15, 0.2) is 41.8 Å². The Morgan fingerprint density at radius 3 is 2.71 bits per heavy atom. The summed E-state index contributed by atoms with van der Waals surface area (Å²) in [6, 6.07) is 12.5. The third-order valence-electron chi connectivity index (χ3n) is 2.06. The van der Waals surface area contributed by atoms with Gasteiger partial charge in [-0.15, -0.1) is 11.3 Å². The summed E-state index contributed by atoms with van der Waals surface area (Å²) >= 11 is 4.01. The Morgan fingerprint density at radius 2 is 2.07 bits per heavy atom. The topological polar surface area (TPSA) is 26.0 Å². The van der Waals surface area contributed by atoms with Crippen LogP contribution in [0.2, 0.25) is 0 Å². The first-order valence-electron chi connectivity index (χ1n) is 4.32. The lowest BCUT2D eigenvalue weighted by Gasteiger charge is -2.09. The van der Waals surface area contributed by atoms with Gasteiger partial charge in [-0.05, 0) is 51.7 Å². The Labute approximate surface area is 101 Å². The average Bonchev–Trinajstić information content (AvgIpc) is 2.69. The van der Waals surface area contributed by atoms with E-state index in [1.165, 1.54) is 14.0 Å². The molecule has 1 aromatic heterocycles. The highest BCUT2D eigenvalue weighted by Crippen LogP contribution is 2.24. The largest absolute Gasteiger partial charge is 0.320 e. The zero-order chi connectivity index (χ0) is 9.97. The van der Waals surface area contributed by atoms with E-state index in [1.807, 2.05) is 12.1 Å². The second-order valence-corrected chi connectivity index (χ2v) is 5.27. The molecule has 0 aliphatic heterocycles. The van der Waals surface area contributed by atoms with Crippen LogP contribution in [0.3, 0.4) is 0 Å². The summed E-state index contributed by atoms with van der Waals surface area (Å²) in [5.74, 6) is 0. The van der Waals surface area contributed by atoms with Crippen LogP contribution in [0.1, 0.15) is 16.5 Å². The summed E-state index contributed by atoms with van der Waals surface area (Å²) in [5.41, 5.74) is 7.32. The molecule has 1 atom stereocenters. The van der Waals surface area contributed by atoms with Crippen molar-refractivity contribution in [3.8, 4) is 0 Å². The van der Waals surface area contributed by atoms with Gasteiger partial charge in [0.05, 0.1) is 6.04 Å². The Balaban J connectivity index is 2.32. The summed E-state index contributed by atoms with van der Waals surface area (Å²) in [4.78, 5) is 1.21. The molecule has 0 fully saturated rings. The van der Waals surface area contributed by atoms with Gasteiger partial charge in [0.1, 0.15) is 0 Å². The van der Waals surface area contributed by atoms with Crippen LogP contribution < -0.4 is 5.73 Å². The fraction of sp³-hybridized carbons (Fsp3) is 0.0909. The molecule has 0 aliphatic carbocycles. The van der Waals surface area contributed by atoms with Gasteiger partial charge in [-0.3, -0.25) is 0 Å². The molecule has 0 amide bonds. The summed E-state index contributed by atoms with van der Waals surface area (Å²) in [6.45, 7) is 0. The van der Waals surface area contributed by atoms with Crippen molar-refractivity contribution in [2.75, 3.05) is 0 Å². The summed E-state index contributed by atoms with van der Waals surface area (Å²) < 4.78 is 1.23. The molecule has 0 spiro atoms. The number of rotatable bonds is 2. The monoisotopic (exact) mass is 315 g/mol. The highest BCUT2D eigenvalue weighted by Gasteiger charge is 2.09. The van der Waals surface area contributed by atoms with E-state index in [2.05, 4.69) is 52.2 Å². The SMILES string of the molecule is N[C@@H](c1cccc(I)c1)c1cccs1. The zero-order valence-corrected chi connectivity index (χ0v) is 10.5. The molecular formula is C11H10INS. The quantitative estimate of drug-likeness (QED) is 0.845. The predicted molar refractivity (Wildman–Crippen MR) is 69.5 cm³/mol. The van der Waals surface area contributed by atoms with Crippen molar-refractivity contribution in [3.05, 3.63) is 55.8 Å². The van der Waals surface area contributed by atoms with Crippen LogP contribution in [-0.4, -0.2) is 0 Å². The van der Waals surface area contributed by atoms with Crippen molar-refractivity contribution in [1.82, 2.24) is 0 Å². The van der Waals surface area contributed by atoms with Gasteiger partial charge in [-0.1, -0.05) is 18.2 Å². The Morgan fingerprint density at radius 1 is 1.21 bits per heavy atom. The molecule has 0 saturated carbocycles. The van der Waals surface area contributed by atoms with E-state index in [0.29, 0.717) is 0 Å². The molecular weight excluding hydrogens is 305 g/mol. The van der Waals surface area contributed by atoms with E-state index in [4.69, 9.17) is 5.73 Å². The maximum Gasteiger partial charge on any atom is 0.0646 e. The van der Waals surface area contributed by atoms with E-state index in [9.17, 15) is 0 Å². The first-order valence-corrected chi connectivity index (χ1v) is 6.27. The number of halogens is 1. The molecule has 0 saturated heterocycles. The fourth-order valence-electron chi connectivity index (χ4n) is 1.33. The Bertz CT molecular complexity index is 411. The maximum absolute atomic E-state index is 6.14. The molecule has 0 aliphatic rings. The molecule has 2 aromatic rings. The lowest BCUT2D eigenvalue weighted by molar-refractivity contribution is 0.892. The van der Waals surface area contributed by atoms with Crippen LogP contribution in [-0.2, 0) is 0 Å². The standard InChI is InChI=1S/C11H10INS/c12-9-4-1-3-8(7-9)11(13)10-5-2-6-14-10/h1-7,11H,13H2/t11-/m0/s1. The van der Waals surface area contributed by atoms with Gasteiger partial charge in [0, 0.05) is 8.45 Å². The van der Waals surface area contributed by atoms with Crippen LogP contribution >= 0.6 is 33.9 Å². The van der Waals surface area contributed by atoms with Gasteiger partial charge in [-0.2, -0.15) is 0 Å². The van der Waals surface area contributed by atoms with E-state index >= 15 is 0 Å². The van der Waals surface area contributed by atoms with Crippen molar-refractivity contribution in [1.29, 1.82) is 0 Å². The van der Waals surface area contributed by atoms with E-state index < -0.39 is 0 Å². The smallest absolute Gasteiger partial charge is 0.0646 e. The lowest BCUT2D eigenvalue weighted by Crippen LogP contribution is -2.09. The van der Waals surface area contributed by atoms with Gasteiger partial charge in [0.15, 0.2) is 0 Å². The molecule has 0 unspecified atom stereocenters. The van der Waals surface area contributed by atoms with Gasteiger partial charge < -0.3 is 5.73 Å². The molecule has 14 heavy (non-hydrogen) atoms. The zero-order valence-electron chi connectivity index (χ0n) is 7.48. The number of hydrogen-bond donors (Lipinski definition) is 1. The number of benzene rings is 1.